The van der Waals surface area contributed by atoms with Crippen molar-refractivity contribution in [2.24, 2.45) is 42.1 Å². The predicted octanol–water partition coefficient (Wildman–Crippen LogP) is 16.8. The van der Waals surface area contributed by atoms with Crippen LogP contribution in [0.3, 0.4) is 0 Å². The number of rotatable bonds is 7. The van der Waals surface area contributed by atoms with E-state index in [1.807, 2.05) is 48.6 Å². The first-order valence-corrected chi connectivity index (χ1v) is 22.3. The van der Waals surface area contributed by atoms with Crippen molar-refractivity contribution < 1.29 is 9.59 Å². The molecule has 4 aromatic rings. The molecule has 0 bridgehead atoms. The number of azo groups is 2. The molecule has 2 aliphatic carbocycles. The Morgan fingerprint density at radius 2 is 0.717 bits per heavy atom. The second-order valence-corrected chi connectivity index (χ2v) is 22.2. The van der Waals surface area contributed by atoms with E-state index in [0.717, 1.165) is 52.9 Å². The van der Waals surface area contributed by atoms with Crippen LogP contribution in [0.1, 0.15) is 92.8 Å². The Kier molecular flexibility index (Phi) is 12.8. The monoisotopic (exact) mass is 874 g/mol. The van der Waals surface area contributed by atoms with Crippen LogP contribution in [0.15, 0.2) is 151 Å². The van der Waals surface area contributed by atoms with Crippen LogP contribution in [0.2, 0.25) is 10.0 Å². The van der Waals surface area contributed by atoms with Crippen molar-refractivity contribution in [3.05, 3.63) is 150 Å². The summed E-state index contributed by atoms with van der Waals surface area (Å²) < 4.78 is 0. The van der Waals surface area contributed by atoms with Crippen LogP contribution in [0.4, 0.5) is 11.4 Å². The summed E-state index contributed by atoms with van der Waals surface area (Å²) in [6.07, 6.45) is 7.92. The smallest absolute Gasteiger partial charge is 0.186 e. The zero-order valence-corrected chi connectivity index (χ0v) is 39.6. The first-order valence-electron chi connectivity index (χ1n) is 19.9. The molecule has 2 aromatic carbocycles. The molecule has 0 atom stereocenters. The fourth-order valence-electron chi connectivity index (χ4n) is 6.68. The Bertz CT molecular complexity index is 2340. The molecule has 60 heavy (non-hydrogen) atoms. The van der Waals surface area contributed by atoms with Gasteiger partial charge in [-0.2, -0.15) is 10.2 Å². The summed E-state index contributed by atoms with van der Waals surface area (Å²) in [4.78, 5) is 31.7. The summed E-state index contributed by atoms with van der Waals surface area (Å²) in [5.41, 5.74) is 5.65. The van der Waals surface area contributed by atoms with Gasteiger partial charge in [0.05, 0.1) is 21.1 Å². The Hall–Kier alpha value is -4.60. The molecule has 10 heteroatoms. The second-order valence-electron chi connectivity index (χ2n) is 19.2. The highest BCUT2D eigenvalue weighted by Crippen LogP contribution is 2.46. The summed E-state index contributed by atoms with van der Waals surface area (Å²) in [5.74, 6) is 0.111. The fraction of sp³-hybridized carbons (Fsp3) is 0.320. The molecule has 0 fully saturated rings. The Morgan fingerprint density at radius 3 is 0.983 bits per heavy atom. The summed E-state index contributed by atoms with van der Waals surface area (Å²) in [7, 11) is 0. The summed E-state index contributed by atoms with van der Waals surface area (Å²) in [5, 5.41) is 20.3. The van der Waals surface area contributed by atoms with Gasteiger partial charge in [0, 0.05) is 53.2 Å². The van der Waals surface area contributed by atoms with Gasteiger partial charge in [-0.1, -0.05) is 106 Å². The van der Waals surface area contributed by atoms with Crippen LogP contribution >= 0.6 is 45.9 Å². The summed E-state index contributed by atoms with van der Waals surface area (Å²) in [6, 6.07) is 22.8. The SMILES string of the molecule is CC(C)(C)C1=CC(=C(N=Nc2ccc(Cl)cc2)c2ccc(-c3ccc(C(N=Nc4ccc(Cl)cc4)=C4C=C(C(C)(C)C)C(=O)C(C(C)(C)C)=C4)s3)s2)C=C(C(C)(C)C)C1=O. The Morgan fingerprint density at radius 1 is 0.433 bits per heavy atom. The number of ketones is 2. The van der Waals surface area contributed by atoms with Gasteiger partial charge in [-0.15, -0.1) is 32.9 Å². The zero-order valence-electron chi connectivity index (χ0n) is 36.4. The first-order chi connectivity index (χ1) is 27.9. The minimum Gasteiger partial charge on any atom is -0.289 e. The van der Waals surface area contributed by atoms with Gasteiger partial charge in [0.15, 0.2) is 11.6 Å². The van der Waals surface area contributed by atoms with Crippen molar-refractivity contribution in [2.75, 3.05) is 0 Å². The lowest BCUT2D eigenvalue weighted by Crippen LogP contribution is -2.28. The van der Waals surface area contributed by atoms with Gasteiger partial charge in [-0.3, -0.25) is 9.59 Å². The van der Waals surface area contributed by atoms with E-state index in [1.54, 1.807) is 46.9 Å². The van der Waals surface area contributed by atoms with Crippen molar-refractivity contribution >= 4 is 80.2 Å². The fourth-order valence-corrected chi connectivity index (χ4v) is 9.05. The average molecular weight is 876 g/mol. The van der Waals surface area contributed by atoms with Gasteiger partial charge in [-0.05, 0) is 119 Å². The van der Waals surface area contributed by atoms with Gasteiger partial charge in [0.2, 0.25) is 0 Å². The van der Waals surface area contributed by atoms with Crippen molar-refractivity contribution in [2.45, 2.75) is 83.1 Å². The molecular formula is C50H52Cl2N4O2S2. The lowest BCUT2D eigenvalue weighted by Gasteiger charge is -2.31. The van der Waals surface area contributed by atoms with Crippen molar-refractivity contribution in [3.63, 3.8) is 0 Å². The Balaban J connectivity index is 1.52. The van der Waals surface area contributed by atoms with Crippen molar-refractivity contribution in [3.8, 4) is 9.75 Å². The predicted molar refractivity (Wildman–Crippen MR) is 254 cm³/mol. The van der Waals surface area contributed by atoms with Gasteiger partial charge in [0.1, 0.15) is 11.4 Å². The molecule has 0 radical (unpaired) electrons. The maximum absolute atomic E-state index is 13.9. The van der Waals surface area contributed by atoms with E-state index < -0.39 is 21.7 Å². The number of hydrogen-bond acceptors (Lipinski definition) is 8. The average Bonchev–Trinajstić information content (AvgIpc) is 3.83. The molecule has 6 rings (SSSR count). The van der Waals surface area contributed by atoms with Gasteiger partial charge >= 0.3 is 0 Å². The number of carbonyl (C=O) groups is 2. The molecule has 0 N–H and O–H groups in total. The van der Waals surface area contributed by atoms with Crippen molar-refractivity contribution in [1.82, 2.24) is 0 Å². The highest BCUT2D eigenvalue weighted by molar-refractivity contribution is 7.23. The quantitative estimate of drug-likeness (QED) is 0.173. The summed E-state index contributed by atoms with van der Waals surface area (Å²) >= 11 is 15.6. The molecule has 310 valence electrons. The minimum atomic E-state index is -0.395. The molecule has 0 unspecified atom stereocenters. The van der Waals surface area contributed by atoms with Gasteiger partial charge in [-0.25, -0.2) is 0 Å². The van der Waals surface area contributed by atoms with E-state index in [0.29, 0.717) is 32.8 Å². The van der Waals surface area contributed by atoms with Crippen LogP contribution in [0.25, 0.3) is 21.1 Å². The highest BCUT2D eigenvalue weighted by atomic mass is 35.5. The Labute approximate surface area is 373 Å². The van der Waals surface area contributed by atoms with E-state index in [9.17, 15) is 9.59 Å². The van der Waals surface area contributed by atoms with Crippen LogP contribution in [-0.2, 0) is 9.59 Å². The number of benzene rings is 2. The largest absolute Gasteiger partial charge is 0.289 e. The number of allylic oxidation sites excluding steroid dienone is 10. The standard InChI is InChI=1S/C50H52Cl2N4O2S2/c1-47(2,3)35-25-29(26-36(45(35)57)48(4,5)6)43(55-53-33-17-13-31(51)14-18-33)41-23-21-39(59-41)40-22-24-42(60-40)44(56-54-34-19-15-32(52)16-20-34)30-27-37(49(7,8)9)46(58)38(28-30)50(10,11)12/h13-28H,1-12H3. The molecule has 0 aliphatic heterocycles. The third-order valence-corrected chi connectivity index (χ3v) is 12.9. The number of carbonyl (C=O) groups excluding carboxylic acids is 2. The molecule has 2 heterocycles. The highest BCUT2D eigenvalue weighted by Gasteiger charge is 2.36. The van der Waals surface area contributed by atoms with E-state index in [4.69, 9.17) is 33.4 Å². The molecule has 2 aliphatic rings. The maximum Gasteiger partial charge on any atom is 0.186 e. The third-order valence-electron chi connectivity index (χ3n) is 10.1. The number of hydrogen-bond donors (Lipinski definition) is 0. The maximum atomic E-state index is 13.9. The van der Waals surface area contributed by atoms with Gasteiger partial charge < -0.3 is 0 Å². The number of Topliss-reactive ketones (excluding diaryl/α,β-unsaturated/α-hetero) is 2. The molecule has 2 aromatic heterocycles. The normalized spacial score (nSPS) is 15.8. The topological polar surface area (TPSA) is 83.6 Å². The molecule has 0 saturated carbocycles. The van der Waals surface area contributed by atoms with E-state index >= 15 is 0 Å². The first kappa shape index (κ1) is 44.9. The van der Waals surface area contributed by atoms with Crippen molar-refractivity contribution in [1.29, 1.82) is 0 Å². The van der Waals surface area contributed by atoms with E-state index in [-0.39, 0.29) is 11.6 Å². The second kappa shape index (κ2) is 17.0. The van der Waals surface area contributed by atoms with E-state index in [2.05, 4.69) is 118 Å². The molecule has 0 spiro atoms. The van der Waals surface area contributed by atoms with Crippen LogP contribution < -0.4 is 0 Å². The molecule has 6 nitrogen and oxygen atoms in total. The van der Waals surface area contributed by atoms with Crippen LogP contribution in [-0.4, -0.2) is 11.6 Å². The number of thiophene rings is 2. The third kappa shape index (κ3) is 10.3. The van der Waals surface area contributed by atoms with E-state index in [1.165, 1.54) is 0 Å². The lowest BCUT2D eigenvalue weighted by molar-refractivity contribution is -0.114. The zero-order chi connectivity index (χ0) is 43.9. The summed E-state index contributed by atoms with van der Waals surface area (Å²) in [6.45, 7) is 24.8. The van der Waals surface area contributed by atoms with Crippen LogP contribution in [0.5, 0.6) is 0 Å². The number of nitrogens with zero attached hydrogens (tertiary/aromatic N) is 4. The van der Waals surface area contributed by atoms with Crippen LogP contribution in [0, 0.1) is 21.7 Å². The number of halogens is 2. The molecular weight excluding hydrogens is 824 g/mol. The molecule has 0 saturated heterocycles. The molecule has 0 amide bonds. The van der Waals surface area contributed by atoms with Gasteiger partial charge in [0.25, 0.3) is 0 Å². The minimum absolute atomic E-state index is 0.0557. The lowest BCUT2D eigenvalue weighted by atomic mass is 9.71.